The largest absolute Gasteiger partial charge is 0.495 e. The average molecular weight is 410 g/mol. The van der Waals surface area contributed by atoms with E-state index in [2.05, 4.69) is 5.32 Å². The molecule has 0 unspecified atom stereocenters. The van der Waals surface area contributed by atoms with E-state index in [4.69, 9.17) is 9.47 Å². The number of nitrogens with zero attached hydrogens (tertiary/aromatic N) is 1. The van der Waals surface area contributed by atoms with Crippen LogP contribution in [0.15, 0.2) is 48.5 Å². The highest BCUT2D eigenvalue weighted by molar-refractivity contribution is 6.04. The Kier molecular flexibility index (Phi) is 6.46. The predicted octanol–water partition coefficient (Wildman–Crippen LogP) is 2.43. The van der Waals surface area contributed by atoms with Crippen LogP contribution in [0.1, 0.15) is 23.7 Å². The maximum Gasteiger partial charge on any atom is 0.311 e. The molecule has 0 aliphatic carbocycles. The fraction of sp³-hybridized carbons (Fsp3) is 0.273. The molecule has 1 aliphatic rings. The van der Waals surface area contributed by atoms with E-state index < -0.39 is 24.4 Å². The molecule has 2 amide bonds. The number of esters is 1. The maximum atomic E-state index is 12.4. The van der Waals surface area contributed by atoms with Crippen LogP contribution >= 0.6 is 0 Å². The Morgan fingerprint density at radius 2 is 1.80 bits per heavy atom. The maximum absolute atomic E-state index is 12.4. The monoisotopic (exact) mass is 410 g/mol. The molecule has 2 aromatic carbocycles. The Morgan fingerprint density at radius 3 is 2.53 bits per heavy atom. The van der Waals surface area contributed by atoms with E-state index in [1.54, 1.807) is 48.5 Å². The van der Waals surface area contributed by atoms with Gasteiger partial charge in [0, 0.05) is 18.5 Å². The van der Waals surface area contributed by atoms with Crippen LogP contribution in [0.25, 0.3) is 0 Å². The molecule has 0 radical (unpaired) electrons. The Balaban J connectivity index is 1.57. The second-order valence-electron chi connectivity index (χ2n) is 6.83. The molecule has 30 heavy (non-hydrogen) atoms. The van der Waals surface area contributed by atoms with Crippen LogP contribution in [0, 0.1) is 5.92 Å². The molecule has 2 aromatic rings. The van der Waals surface area contributed by atoms with Gasteiger partial charge in [-0.2, -0.15) is 0 Å². The van der Waals surface area contributed by atoms with Gasteiger partial charge in [-0.15, -0.1) is 0 Å². The Bertz CT molecular complexity index is 987. The fourth-order valence-electron chi connectivity index (χ4n) is 3.29. The van der Waals surface area contributed by atoms with Gasteiger partial charge < -0.3 is 19.7 Å². The molecule has 1 aliphatic heterocycles. The highest BCUT2D eigenvalue weighted by atomic mass is 16.5. The van der Waals surface area contributed by atoms with Crippen molar-refractivity contribution in [3.63, 3.8) is 0 Å². The number of carbonyl (C=O) groups excluding carboxylic acids is 4. The highest BCUT2D eigenvalue weighted by Crippen LogP contribution is 2.33. The quantitative estimate of drug-likeness (QED) is 0.556. The number of carbonyl (C=O) groups is 4. The van der Waals surface area contributed by atoms with Crippen molar-refractivity contribution in [3.8, 4) is 5.75 Å². The molecule has 3 rings (SSSR count). The lowest BCUT2D eigenvalue weighted by molar-refractivity contribution is -0.151. The van der Waals surface area contributed by atoms with E-state index in [-0.39, 0.29) is 24.7 Å². The second-order valence-corrected chi connectivity index (χ2v) is 6.83. The van der Waals surface area contributed by atoms with Gasteiger partial charge in [-0.05, 0) is 31.2 Å². The lowest BCUT2D eigenvalue weighted by atomic mass is 10.1. The van der Waals surface area contributed by atoms with Crippen molar-refractivity contribution >= 4 is 34.9 Å². The first-order valence-corrected chi connectivity index (χ1v) is 9.40. The SMILES string of the molecule is COc1ccccc1N1C[C@@H](C(=O)OCC(=O)Nc2ccccc2C(C)=O)CC1=O. The van der Waals surface area contributed by atoms with Crippen LogP contribution in [-0.4, -0.2) is 43.8 Å². The summed E-state index contributed by atoms with van der Waals surface area (Å²) in [6, 6.07) is 13.6. The predicted molar refractivity (Wildman–Crippen MR) is 109 cm³/mol. The molecule has 0 saturated carbocycles. The van der Waals surface area contributed by atoms with Gasteiger partial charge in [0.1, 0.15) is 5.75 Å². The highest BCUT2D eigenvalue weighted by Gasteiger charge is 2.37. The van der Waals surface area contributed by atoms with Crippen LogP contribution in [0.3, 0.4) is 0 Å². The molecular weight excluding hydrogens is 388 g/mol. The number of Topliss-reactive ketones (excluding diaryl/α,β-unsaturated/α-hetero) is 1. The van der Waals surface area contributed by atoms with E-state index in [1.807, 2.05) is 0 Å². The topological polar surface area (TPSA) is 102 Å². The normalized spacial score (nSPS) is 15.6. The molecule has 0 spiro atoms. The number of anilines is 2. The molecule has 0 bridgehead atoms. The summed E-state index contributed by atoms with van der Waals surface area (Å²) in [5.41, 5.74) is 1.30. The van der Waals surface area contributed by atoms with Crippen LogP contribution < -0.4 is 15.0 Å². The number of methoxy groups -OCH3 is 1. The number of amides is 2. The zero-order chi connectivity index (χ0) is 21.7. The third kappa shape index (κ3) is 4.65. The minimum absolute atomic E-state index is 0.00826. The fourth-order valence-corrected chi connectivity index (χ4v) is 3.29. The first-order valence-electron chi connectivity index (χ1n) is 9.40. The van der Waals surface area contributed by atoms with Gasteiger partial charge in [-0.25, -0.2) is 0 Å². The van der Waals surface area contributed by atoms with Crippen molar-refractivity contribution in [1.29, 1.82) is 0 Å². The summed E-state index contributed by atoms with van der Waals surface area (Å²) < 4.78 is 10.4. The first-order chi connectivity index (χ1) is 14.4. The lowest BCUT2D eigenvalue weighted by Gasteiger charge is -2.19. The molecule has 1 heterocycles. The van der Waals surface area contributed by atoms with E-state index in [9.17, 15) is 19.2 Å². The molecule has 8 heteroatoms. The molecule has 0 aromatic heterocycles. The third-order valence-corrected chi connectivity index (χ3v) is 4.76. The van der Waals surface area contributed by atoms with E-state index >= 15 is 0 Å². The minimum atomic E-state index is -0.681. The number of rotatable bonds is 7. The van der Waals surface area contributed by atoms with Gasteiger partial charge in [0.15, 0.2) is 12.4 Å². The zero-order valence-electron chi connectivity index (χ0n) is 16.7. The number of nitrogens with one attached hydrogen (secondary N) is 1. The average Bonchev–Trinajstić information content (AvgIpc) is 3.13. The summed E-state index contributed by atoms with van der Waals surface area (Å²) in [5, 5.41) is 2.57. The molecule has 156 valence electrons. The van der Waals surface area contributed by atoms with Gasteiger partial charge in [-0.3, -0.25) is 19.2 Å². The lowest BCUT2D eigenvalue weighted by Crippen LogP contribution is -2.28. The zero-order valence-corrected chi connectivity index (χ0v) is 16.7. The Morgan fingerprint density at radius 1 is 1.10 bits per heavy atom. The summed E-state index contributed by atoms with van der Waals surface area (Å²) in [7, 11) is 1.51. The van der Waals surface area contributed by atoms with Gasteiger partial charge in [0.25, 0.3) is 5.91 Å². The first kappa shape index (κ1) is 21.0. The number of hydrogen-bond acceptors (Lipinski definition) is 6. The Hall–Kier alpha value is -3.68. The van der Waals surface area contributed by atoms with Gasteiger partial charge in [0.05, 0.1) is 24.4 Å². The van der Waals surface area contributed by atoms with Crippen molar-refractivity contribution in [2.45, 2.75) is 13.3 Å². The molecular formula is C22H22N2O6. The second kappa shape index (κ2) is 9.21. The van der Waals surface area contributed by atoms with Crippen molar-refractivity contribution in [3.05, 3.63) is 54.1 Å². The number of ether oxygens (including phenoxy) is 2. The smallest absolute Gasteiger partial charge is 0.311 e. The number of hydrogen-bond donors (Lipinski definition) is 1. The molecule has 1 atom stereocenters. The molecule has 1 saturated heterocycles. The van der Waals surface area contributed by atoms with Crippen LogP contribution in [0.5, 0.6) is 5.75 Å². The molecule has 8 nitrogen and oxygen atoms in total. The van der Waals surface area contributed by atoms with Crippen LogP contribution in [0.4, 0.5) is 11.4 Å². The van der Waals surface area contributed by atoms with Crippen LogP contribution in [0.2, 0.25) is 0 Å². The van der Waals surface area contributed by atoms with Crippen molar-refractivity contribution in [2.75, 3.05) is 30.5 Å². The van der Waals surface area contributed by atoms with E-state index in [1.165, 1.54) is 18.9 Å². The van der Waals surface area contributed by atoms with Crippen LogP contribution in [-0.2, 0) is 19.1 Å². The van der Waals surface area contributed by atoms with Gasteiger partial charge >= 0.3 is 5.97 Å². The Labute approximate surface area is 173 Å². The van der Waals surface area contributed by atoms with E-state index in [0.29, 0.717) is 22.7 Å². The van der Waals surface area contributed by atoms with Crippen molar-refractivity contribution < 1.29 is 28.7 Å². The number of benzene rings is 2. The standard InChI is InChI=1S/C22H22N2O6/c1-14(25)16-7-3-4-8-17(16)23-20(26)13-30-22(28)15-11-21(27)24(12-15)18-9-5-6-10-19(18)29-2/h3-10,15H,11-13H2,1-2H3,(H,23,26)/t15-/m0/s1. The van der Waals surface area contributed by atoms with Gasteiger partial charge in [-0.1, -0.05) is 24.3 Å². The summed E-state index contributed by atoms with van der Waals surface area (Å²) in [6.45, 7) is 1.03. The van der Waals surface area contributed by atoms with Crippen molar-refractivity contribution in [1.82, 2.24) is 0 Å². The van der Waals surface area contributed by atoms with Crippen molar-refractivity contribution in [2.24, 2.45) is 5.92 Å². The summed E-state index contributed by atoms with van der Waals surface area (Å²) in [6.07, 6.45) is -0.00826. The number of ketones is 1. The van der Waals surface area contributed by atoms with Gasteiger partial charge in [0.2, 0.25) is 5.91 Å². The molecule has 1 N–H and O–H groups in total. The van der Waals surface area contributed by atoms with E-state index in [0.717, 1.165) is 0 Å². The molecule has 1 fully saturated rings. The summed E-state index contributed by atoms with van der Waals surface area (Å²) in [5.74, 6) is -1.76. The summed E-state index contributed by atoms with van der Waals surface area (Å²) in [4.78, 5) is 50.0. The summed E-state index contributed by atoms with van der Waals surface area (Å²) >= 11 is 0. The minimum Gasteiger partial charge on any atom is -0.495 e. The third-order valence-electron chi connectivity index (χ3n) is 4.76. The number of para-hydroxylation sites is 3.